The van der Waals surface area contributed by atoms with E-state index in [2.05, 4.69) is 31.2 Å². The molecule has 1 atom stereocenters. The van der Waals surface area contributed by atoms with Crippen molar-refractivity contribution in [2.75, 3.05) is 45.7 Å². The Hall–Kier alpha value is -2.79. The number of nitrogens with one attached hydrogen (secondary N) is 1. The van der Waals surface area contributed by atoms with Crippen molar-refractivity contribution in [3.8, 4) is 5.75 Å². The number of aromatic nitrogens is 2. The van der Waals surface area contributed by atoms with Gasteiger partial charge in [-0.3, -0.25) is 14.9 Å². The molecule has 1 aromatic heterocycles. The summed E-state index contributed by atoms with van der Waals surface area (Å²) in [6.07, 6.45) is 4.06. The summed E-state index contributed by atoms with van der Waals surface area (Å²) in [4.78, 5) is 35.7. The van der Waals surface area contributed by atoms with Crippen molar-refractivity contribution in [3.63, 3.8) is 0 Å². The molecule has 0 aliphatic carbocycles. The fraction of sp³-hybridized carbons (Fsp3) is 0.421. The second-order valence-electron chi connectivity index (χ2n) is 7.20. The zero-order chi connectivity index (χ0) is 21.7. The molecule has 3 rings (SSSR count). The first-order chi connectivity index (χ1) is 14.3. The highest BCUT2D eigenvalue weighted by Crippen LogP contribution is 2.29. The smallest absolute Gasteiger partial charge is 0.310 e. The summed E-state index contributed by atoms with van der Waals surface area (Å²) in [5.74, 6) is 0.414. The highest BCUT2D eigenvalue weighted by atomic mass is 79.9. The first-order valence-corrected chi connectivity index (χ1v) is 10.2. The van der Waals surface area contributed by atoms with E-state index >= 15 is 0 Å². The van der Waals surface area contributed by atoms with Gasteiger partial charge >= 0.3 is 5.69 Å². The summed E-state index contributed by atoms with van der Waals surface area (Å²) in [7, 11) is 3.77. The molecule has 0 saturated carbocycles. The predicted octanol–water partition coefficient (Wildman–Crippen LogP) is 2.41. The van der Waals surface area contributed by atoms with Gasteiger partial charge in [0.15, 0.2) is 5.75 Å². The van der Waals surface area contributed by atoms with Gasteiger partial charge in [-0.05, 0) is 42.5 Å². The molecule has 0 radical (unpaired) electrons. The molecule has 1 aromatic carbocycles. The number of likely N-dealkylation sites (tertiary alicyclic amines) is 1. The molecule has 10 nitrogen and oxygen atoms in total. The Morgan fingerprint density at radius 2 is 2.13 bits per heavy atom. The number of rotatable bonds is 8. The monoisotopic (exact) mass is 478 g/mol. The number of nitro groups is 1. The van der Waals surface area contributed by atoms with Crippen LogP contribution in [0.3, 0.4) is 0 Å². The molecule has 0 unspecified atom stereocenters. The van der Waals surface area contributed by atoms with Gasteiger partial charge in [-0.25, -0.2) is 9.97 Å². The van der Waals surface area contributed by atoms with Crippen LogP contribution in [0.25, 0.3) is 0 Å². The van der Waals surface area contributed by atoms with Crippen molar-refractivity contribution in [3.05, 3.63) is 50.7 Å². The first kappa shape index (κ1) is 21.9. The largest absolute Gasteiger partial charge is 0.485 e. The van der Waals surface area contributed by atoms with Crippen molar-refractivity contribution >= 4 is 33.5 Å². The third-order valence-corrected chi connectivity index (χ3v) is 5.04. The Bertz CT molecular complexity index is 908. The van der Waals surface area contributed by atoms with Gasteiger partial charge in [-0.15, -0.1) is 0 Å². The standard InChI is InChI=1S/C19H23BrN6O4/c1-24(2)7-8-30-17-9-13(3-4-16(17)26(28)29)18(27)25-6-5-15(12-25)23-19-21-10-14(20)11-22-19/h3-4,9-11,15H,5-8,12H2,1-2H3,(H,21,22,23)/t15-/m0/s1. The van der Waals surface area contributed by atoms with E-state index in [0.717, 1.165) is 10.9 Å². The van der Waals surface area contributed by atoms with Gasteiger partial charge in [0.1, 0.15) is 6.61 Å². The van der Waals surface area contributed by atoms with E-state index in [-0.39, 0.29) is 30.0 Å². The quantitative estimate of drug-likeness (QED) is 0.454. The SMILES string of the molecule is CN(C)CCOc1cc(C(=O)N2CC[C@H](Nc3ncc(Br)cn3)C2)ccc1[N+](=O)[O-]. The van der Waals surface area contributed by atoms with Crippen LogP contribution in [0.5, 0.6) is 5.75 Å². The molecule has 1 N–H and O–H groups in total. The molecular weight excluding hydrogens is 456 g/mol. The minimum atomic E-state index is -0.507. The van der Waals surface area contributed by atoms with E-state index in [1.807, 2.05) is 19.0 Å². The number of carbonyl (C=O) groups is 1. The van der Waals surface area contributed by atoms with E-state index in [9.17, 15) is 14.9 Å². The molecule has 30 heavy (non-hydrogen) atoms. The van der Waals surface area contributed by atoms with Gasteiger partial charge in [0.05, 0.1) is 9.40 Å². The number of hydrogen-bond acceptors (Lipinski definition) is 8. The Labute approximate surface area is 182 Å². The number of anilines is 1. The number of hydrogen-bond donors (Lipinski definition) is 1. The minimum Gasteiger partial charge on any atom is -0.485 e. The van der Waals surface area contributed by atoms with Crippen LogP contribution in [0.2, 0.25) is 0 Å². The maximum Gasteiger partial charge on any atom is 0.310 e. The number of benzene rings is 1. The summed E-state index contributed by atoms with van der Waals surface area (Å²) in [6.45, 7) is 1.95. The van der Waals surface area contributed by atoms with Crippen molar-refractivity contribution < 1.29 is 14.5 Å². The highest BCUT2D eigenvalue weighted by molar-refractivity contribution is 9.10. The van der Waals surface area contributed by atoms with Crippen LogP contribution in [0.4, 0.5) is 11.6 Å². The van der Waals surface area contributed by atoms with Gasteiger partial charge < -0.3 is 19.9 Å². The van der Waals surface area contributed by atoms with E-state index in [1.165, 1.54) is 18.2 Å². The van der Waals surface area contributed by atoms with E-state index < -0.39 is 4.92 Å². The predicted molar refractivity (Wildman–Crippen MR) is 115 cm³/mol. The van der Waals surface area contributed by atoms with Crippen molar-refractivity contribution in [2.24, 2.45) is 0 Å². The van der Waals surface area contributed by atoms with Gasteiger partial charge in [0, 0.05) is 55.8 Å². The average Bonchev–Trinajstić information content (AvgIpc) is 3.17. The molecule has 2 aromatic rings. The molecule has 1 aliphatic heterocycles. The minimum absolute atomic E-state index is 0.0315. The number of halogens is 1. The average molecular weight is 479 g/mol. The van der Waals surface area contributed by atoms with E-state index in [4.69, 9.17) is 4.74 Å². The third-order valence-electron chi connectivity index (χ3n) is 4.63. The van der Waals surface area contributed by atoms with Crippen LogP contribution >= 0.6 is 15.9 Å². The topological polar surface area (TPSA) is 114 Å². The maximum absolute atomic E-state index is 12.9. The Kier molecular flexibility index (Phi) is 7.16. The molecule has 11 heteroatoms. The lowest BCUT2D eigenvalue weighted by molar-refractivity contribution is -0.385. The normalized spacial score (nSPS) is 16.0. The maximum atomic E-state index is 12.9. The number of likely N-dealkylation sites (N-methyl/N-ethyl adjacent to an activating group) is 1. The van der Waals surface area contributed by atoms with Crippen LogP contribution in [0, 0.1) is 10.1 Å². The third kappa shape index (κ3) is 5.63. The lowest BCUT2D eigenvalue weighted by Gasteiger charge is -2.18. The summed E-state index contributed by atoms with van der Waals surface area (Å²) < 4.78 is 6.38. The van der Waals surface area contributed by atoms with Crippen molar-refractivity contribution in [2.45, 2.75) is 12.5 Å². The zero-order valence-corrected chi connectivity index (χ0v) is 18.3. The second-order valence-corrected chi connectivity index (χ2v) is 8.11. The van der Waals surface area contributed by atoms with Crippen LogP contribution < -0.4 is 10.1 Å². The molecule has 1 saturated heterocycles. The lowest BCUT2D eigenvalue weighted by atomic mass is 10.1. The van der Waals surface area contributed by atoms with Gasteiger partial charge in [0.25, 0.3) is 5.91 Å². The fourth-order valence-corrected chi connectivity index (χ4v) is 3.27. The van der Waals surface area contributed by atoms with Crippen LogP contribution in [-0.2, 0) is 0 Å². The number of amides is 1. The Morgan fingerprint density at radius 3 is 2.80 bits per heavy atom. The summed E-state index contributed by atoms with van der Waals surface area (Å²) >= 11 is 3.29. The molecule has 160 valence electrons. The van der Waals surface area contributed by atoms with Crippen molar-refractivity contribution in [1.29, 1.82) is 0 Å². The van der Waals surface area contributed by atoms with Crippen LogP contribution in [0.1, 0.15) is 16.8 Å². The second kappa shape index (κ2) is 9.81. The first-order valence-electron chi connectivity index (χ1n) is 9.43. The Morgan fingerprint density at radius 1 is 1.40 bits per heavy atom. The molecule has 1 aliphatic rings. The molecule has 0 bridgehead atoms. The molecule has 1 amide bonds. The van der Waals surface area contributed by atoms with Crippen LogP contribution in [-0.4, -0.2) is 77.0 Å². The van der Waals surface area contributed by atoms with Gasteiger partial charge in [-0.1, -0.05) is 0 Å². The number of nitrogens with zero attached hydrogens (tertiary/aromatic N) is 5. The summed E-state index contributed by atoms with van der Waals surface area (Å²) in [5, 5.41) is 14.5. The van der Waals surface area contributed by atoms with E-state index in [1.54, 1.807) is 17.3 Å². The van der Waals surface area contributed by atoms with Crippen molar-refractivity contribution in [1.82, 2.24) is 19.8 Å². The molecular formula is C19H23BrN6O4. The highest BCUT2D eigenvalue weighted by Gasteiger charge is 2.28. The Balaban J connectivity index is 1.66. The number of nitro benzene ring substituents is 1. The van der Waals surface area contributed by atoms with Gasteiger partial charge in [0.2, 0.25) is 5.95 Å². The number of carbonyl (C=O) groups excluding carboxylic acids is 1. The number of ether oxygens (including phenoxy) is 1. The fourth-order valence-electron chi connectivity index (χ4n) is 3.07. The van der Waals surface area contributed by atoms with E-state index in [0.29, 0.717) is 31.1 Å². The van der Waals surface area contributed by atoms with Gasteiger partial charge in [-0.2, -0.15) is 0 Å². The lowest BCUT2D eigenvalue weighted by Crippen LogP contribution is -2.32. The summed E-state index contributed by atoms with van der Waals surface area (Å²) in [5.41, 5.74) is 0.208. The molecule has 0 spiro atoms. The molecule has 1 fully saturated rings. The van der Waals surface area contributed by atoms with Crippen LogP contribution in [0.15, 0.2) is 35.1 Å². The zero-order valence-electron chi connectivity index (χ0n) is 16.7. The summed E-state index contributed by atoms with van der Waals surface area (Å²) in [6, 6.07) is 4.27. The molecule has 2 heterocycles.